The van der Waals surface area contributed by atoms with Gasteiger partial charge in [-0.05, 0) is 43.0 Å². The zero-order valence-electron chi connectivity index (χ0n) is 13.2. The molecule has 0 saturated heterocycles. The molecule has 1 amide bonds. The van der Waals surface area contributed by atoms with Crippen molar-refractivity contribution in [1.29, 1.82) is 0 Å². The van der Waals surface area contributed by atoms with Gasteiger partial charge in [-0.2, -0.15) is 0 Å². The van der Waals surface area contributed by atoms with Gasteiger partial charge in [0.05, 0.1) is 4.90 Å². The van der Waals surface area contributed by atoms with Gasteiger partial charge in [-0.3, -0.25) is 4.79 Å². The van der Waals surface area contributed by atoms with Gasteiger partial charge < -0.3 is 5.32 Å². The third kappa shape index (κ3) is 4.08. The van der Waals surface area contributed by atoms with Gasteiger partial charge in [-0.15, -0.1) is 0 Å². The first-order valence-electron chi connectivity index (χ1n) is 7.72. The summed E-state index contributed by atoms with van der Waals surface area (Å²) < 4.78 is 25.1. The molecule has 0 unspecified atom stereocenters. The van der Waals surface area contributed by atoms with E-state index in [0.717, 1.165) is 4.31 Å². The first-order chi connectivity index (χ1) is 10.4. The van der Waals surface area contributed by atoms with Crippen LogP contribution in [0, 0.1) is 5.92 Å². The Morgan fingerprint density at radius 2 is 1.73 bits per heavy atom. The number of hydrogen-bond donors (Lipinski definition) is 1. The lowest BCUT2D eigenvalue weighted by atomic mass is 9.89. The summed E-state index contributed by atoms with van der Waals surface area (Å²) in [5.74, 6) is 0.436. The Balaban J connectivity index is 1.96. The van der Waals surface area contributed by atoms with E-state index in [1.807, 2.05) is 0 Å². The fourth-order valence-corrected chi connectivity index (χ4v) is 3.62. The quantitative estimate of drug-likeness (QED) is 0.903. The maximum absolute atomic E-state index is 12.1. The summed E-state index contributed by atoms with van der Waals surface area (Å²) in [6.07, 6.45) is 6.15. The van der Waals surface area contributed by atoms with Gasteiger partial charge in [0, 0.05) is 26.2 Å². The summed E-state index contributed by atoms with van der Waals surface area (Å²) in [6.45, 7) is 0.705. The zero-order chi connectivity index (χ0) is 16.2. The van der Waals surface area contributed by atoms with Crippen molar-refractivity contribution in [1.82, 2.24) is 9.62 Å². The van der Waals surface area contributed by atoms with E-state index in [4.69, 9.17) is 0 Å². The lowest BCUT2D eigenvalue weighted by Crippen LogP contribution is -2.30. The summed E-state index contributed by atoms with van der Waals surface area (Å²) in [4.78, 5) is 12.3. The highest BCUT2D eigenvalue weighted by atomic mass is 32.2. The summed E-state index contributed by atoms with van der Waals surface area (Å²) >= 11 is 0. The Morgan fingerprint density at radius 1 is 1.14 bits per heavy atom. The summed E-state index contributed by atoms with van der Waals surface area (Å²) in [7, 11) is -0.475. The second-order valence-electron chi connectivity index (χ2n) is 6.03. The van der Waals surface area contributed by atoms with E-state index < -0.39 is 10.0 Å². The molecular formula is C16H24N2O3S. The standard InChI is InChI=1S/C16H24N2O3S/c1-18(2)22(20,21)15-10-8-14(9-11-15)16(19)17-12-13-6-4-3-5-7-13/h8-11,13H,3-7,12H2,1-2H3,(H,17,19). The predicted octanol–water partition coefficient (Wildman–Crippen LogP) is 2.25. The van der Waals surface area contributed by atoms with Crippen LogP contribution in [0.3, 0.4) is 0 Å². The van der Waals surface area contributed by atoms with Crippen LogP contribution in [0.2, 0.25) is 0 Å². The smallest absolute Gasteiger partial charge is 0.251 e. The van der Waals surface area contributed by atoms with E-state index in [1.165, 1.54) is 58.3 Å². The van der Waals surface area contributed by atoms with E-state index >= 15 is 0 Å². The van der Waals surface area contributed by atoms with E-state index in [9.17, 15) is 13.2 Å². The average Bonchev–Trinajstić information content (AvgIpc) is 2.53. The molecule has 1 aliphatic rings. The molecule has 1 saturated carbocycles. The lowest BCUT2D eigenvalue weighted by Gasteiger charge is -2.21. The second kappa shape index (κ2) is 7.24. The number of hydrogen-bond acceptors (Lipinski definition) is 3. The van der Waals surface area contributed by atoms with Crippen LogP contribution in [0.5, 0.6) is 0 Å². The molecule has 1 aromatic carbocycles. The molecule has 122 valence electrons. The molecule has 5 nitrogen and oxygen atoms in total. The van der Waals surface area contributed by atoms with Crippen molar-refractivity contribution in [3.05, 3.63) is 29.8 Å². The maximum Gasteiger partial charge on any atom is 0.251 e. The molecule has 1 aliphatic carbocycles. The van der Waals surface area contributed by atoms with Crippen LogP contribution in [0.15, 0.2) is 29.2 Å². The van der Waals surface area contributed by atoms with Gasteiger partial charge in [-0.25, -0.2) is 12.7 Å². The minimum atomic E-state index is -3.45. The van der Waals surface area contributed by atoms with Crippen LogP contribution in [-0.2, 0) is 10.0 Å². The molecule has 0 heterocycles. The van der Waals surface area contributed by atoms with Gasteiger partial charge >= 0.3 is 0 Å². The van der Waals surface area contributed by atoms with Gasteiger partial charge in [0.15, 0.2) is 0 Å². The molecule has 6 heteroatoms. The Morgan fingerprint density at radius 3 is 2.27 bits per heavy atom. The fourth-order valence-electron chi connectivity index (χ4n) is 2.72. The number of nitrogens with zero attached hydrogens (tertiary/aromatic N) is 1. The van der Waals surface area contributed by atoms with Crippen LogP contribution in [-0.4, -0.2) is 39.3 Å². The number of amides is 1. The predicted molar refractivity (Wildman–Crippen MR) is 86.2 cm³/mol. The first kappa shape index (κ1) is 17.0. The van der Waals surface area contributed by atoms with Crippen molar-refractivity contribution in [2.24, 2.45) is 5.92 Å². The van der Waals surface area contributed by atoms with E-state index in [0.29, 0.717) is 18.0 Å². The first-order valence-corrected chi connectivity index (χ1v) is 9.16. The highest BCUT2D eigenvalue weighted by Gasteiger charge is 2.18. The molecule has 1 aromatic rings. The monoisotopic (exact) mass is 324 g/mol. The highest BCUT2D eigenvalue weighted by molar-refractivity contribution is 7.89. The van der Waals surface area contributed by atoms with Crippen molar-refractivity contribution in [2.45, 2.75) is 37.0 Å². The van der Waals surface area contributed by atoms with E-state index in [2.05, 4.69) is 5.32 Å². The third-order valence-electron chi connectivity index (χ3n) is 4.17. The lowest BCUT2D eigenvalue weighted by molar-refractivity contribution is 0.0943. The number of carbonyl (C=O) groups excluding carboxylic acids is 1. The number of benzene rings is 1. The molecule has 2 rings (SSSR count). The molecule has 1 N–H and O–H groups in total. The van der Waals surface area contributed by atoms with Crippen molar-refractivity contribution < 1.29 is 13.2 Å². The number of rotatable bonds is 5. The maximum atomic E-state index is 12.1. The number of sulfonamides is 1. The minimum Gasteiger partial charge on any atom is -0.352 e. The van der Waals surface area contributed by atoms with E-state index in [-0.39, 0.29) is 10.8 Å². The van der Waals surface area contributed by atoms with Crippen LogP contribution in [0.1, 0.15) is 42.5 Å². The normalized spacial score (nSPS) is 16.7. The molecule has 0 aromatic heterocycles. The second-order valence-corrected chi connectivity index (χ2v) is 8.18. The van der Waals surface area contributed by atoms with Gasteiger partial charge in [-0.1, -0.05) is 19.3 Å². The van der Waals surface area contributed by atoms with Crippen LogP contribution in [0.25, 0.3) is 0 Å². The highest BCUT2D eigenvalue weighted by Crippen LogP contribution is 2.22. The zero-order valence-corrected chi connectivity index (χ0v) is 14.0. The van der Waals surface area contributed by atoms with Crippen molar-refractivity contribution in [3.63, 3.8) is 0 Å². The Kier molecular flexibility index (Phi) is 5.58. The third-order valence-corrected chi connectivity index (χ3v) is 6.00. The summed E-state index contributed by atoms with van der Waals surface area (Å²) in [6, 6.07) is 6.08. The van der Waals surface area contributed by atoms with Gasteiger partial charge in [0.25, 0.3) is 5.91 Å². The molecular weight excluding hydrogens is 300 g/mol. The Hall–Kier alpha value is -1.40. The molecule has 0 atom stereocenters. The molecule has 0 aliphatic heterocycles. The SMILES string of the molecule is CN(C)S(=O)(=O)c1ccc(C(=O)NCC2CCCCC2)cc1. The van der Waals surface area contributed by atoms with Crippen molar-refractivity contribution >= 4 is 15.9 Å². The Bertz CT molecular complexity index is 603. The van der Waals surface area contributed by atoms with Gasteiger partial charge in [0.2, 0.25) is 10.0 Å². The van der Waals surface area contributed by atoms with Gasteiger partial charge in [0.1, 0.15) is 0 Å². The molecule has 0 spiro atoms. The summed E-state index contributed by atoms with van der Waals surface area (Å²) in [5.41, 5.74) is 0.494. The van der Waals surface area contributed by atoms with Crippen LogP contribution >= 0.6 is 0 Å². The summed E-state index contributed by atoms with van der Waals surface area (Å²) in [5, 5.41) is 2.95. The molecule has 22 heavy (non-hydrogen) atoms. The van der Waals surface area contributed by atoms with Crippen molar-refractivity contribution in [3.8, 4) is 0 Å². The topological polar surface area (TPSA) is 66.5 Å². The molecule has 0 bridgehead atoms. The van der Waals surface area contributed by atoms with Crippen LogP contribution in [0.4, 0.5) is 0 Å². The minimum absolute atomic E-state index is 0.139. The molecule has 0 radical (unpaired) electrons. The number of carbonyl (C=O) groups is 1. The van der Waals surface area contributed by atoms with Crippen molar-refractivity contribution in [2.75, 3.05) is 20.6 Å². The fraction of sp³-hybridized carbons (Fsp3) is 0.562. The molecule has 1 fully saturated rings. The van der Waals surface area contributed by atoms with Crippen LogP contribution < -0.4 is 5.32 Å². The van der Waals surface area contributed by atoms with E-state index in [1.54, 1.807) is 12.1 Å². The Labute approximate surface area is 132 Å². The average molecular weight is 324 g/mol. The number of nitrogens with one attached hydrogen (secondary N) is 1. The largest absolute Gasteiger partial charge is 0.352 e.